The van der Waals surface area contributed by atoms with Gasteiger partial charge < -0.3 is 14.5 Å². The summed E-state index contributed by atoms with van der Waals surface area (Å²) in [5, 5.41) is 0.934. The van der Waals surface area contributed by atoms with E-state index in [0.717, 1.165) is 36.2 Å². The van der Waals surface area contributed by atoms with Gasteiger partial charge in [0.2, 0.25) is 0 Å². The van der Waals surface area contributed by atoms with Crippen LogP contribution in [0.25, 0.3) is 0 Å². The molecule has 0 atom stereocenters. The maximum Gasteiger partial charge on any atom is 0.176 e. The monoisotopic (exact) mass is 340 g/mol. The molecule has 1 fully saturated rings. The molecule has 1 heterocycles. The summed E-state index contributed by atoms with van der Waals surface area (Å²) in [6.45, 7) is 5.80. The summed E-state index contributed by atoms with van der Waals surface area (Å²) >= 11 is 5.65. The molecule has 0 radical (unpaired) electrons. The van der Waals surface area contributed by atoms with Gasteiger partial charge in [0, 0.05) is 31.4 Å². The van der Waals surface area contributed by atoms with Gasteiger partial charge in [-0.25, -0.2) is 0 Å². The predicted molar refractivity (Wildman–Crippen MR) is 104 cm³/mol. The molecule has 24 heavy (non-hydrogen) atoms. The largest absolute Gasteiger partial charge is 0.489 e. The first-order chi connectivity index (χ1) is 11.8. The van der Waals surface area contributed by atoms with E-state index in [1.54, 1.807) is 0 Å². The van der Waals surface area contributed by atoms with Crippen molar-refractivity contribution in [2.24, 2.45) is 0 Å². The van der Waals surface area contributed by atoms with Crippen LogP contribution in [0.1, 0.15) is 25.3 Å². The summed E-state index contributed by atoms with van der Waals surface area (Å²) in [5.41, 5.74) is 2.29. The molecule has 2 aromatic carbocycles. The van der Waals surface area contributed by atoms with Crippen molar-refractivity contribution in [2.45, 2.75) is 26.4 Å². The highest BCUT2D eigenvalue weighted by Crippen LogP contribution is 2.25. The van der Waals surface area contributed by atoms with Gasteiger partial charge >= 0.3 is 0 Å². The number of anilines is 1. The summed E-state index contributed by atoms with van der Waals surface area (Å²) < 4.78 is 5.94. The maximum atomic E-state index is 5.94. The summed E-state index contributed by atoms with van der Waals surface area (Å²) in [7, 11) is 0. The third-order valence-corrected chi connectivity index (χ3v) is 4.73. The van der Waals surface area contributed by atoms with Crippen LogP contribution < -0.4 is 9.64 Å². The van der Waals surface area contributed by atoms with Crippen molar-refractivity contribution < 1.29 is 4.74 Å². The quantitative estimate of drug-likeness (QED) is 0.691. The van der Waals surface area contributed by atoms with Gasteiger partial charge in [-0.15, -0.1) is 0 Å². The normalized spacial score (nSPS) is 14.3. The maximum absolute atomic E-state index is 5.94. The number of rotatable bonds is 7. The Morgan fingerprint density at radius 3 is 2.67 bits per heavy atom. The summed E-state index contributed by atoms with van der Waals surface area (Å²) in [6, 6.07) is 18.4. The minimum atomic E-state index is 0.581. The van der Waals surface area contributed by atoms with Gasteiger partial charge in [0.1, 0.15) is 12.4 Å². The van der Waals surface area contributed by atoms with Gasteiger partial charge in [-0.1, -0.05) is 49.7 Å². The summed E-state index contributed by atoms with van der Waals surface area (Å²) in [5.74, 6) is 0.881. The number of hydrogen-bond acceptors (Lipinski definition) is 2. The van der Waals surface area contributed by atoms with Crippen LogP contribution in [0.3, 0.4) is 0 Å². The molecule has 1 saturated heterocycles. The number of thiocarbonyl (C=S) groups is 1. The van der Waals surface area contributed by atoms with Crippen LogP contribution in [-0.2, 0) is 6.61 Å². The van der Waals surface area contributed by atoms with Crippen LogP contribution in [0.15, 0.2) is 54.6 Å². The van der Waals surface area contributed by atoms with E-state index in [9.17, 15) is 0 Å². The second kappa shape index (κ2) is 8.15. The second-order valence-corrected chi connectivity index (χ2v) is 6.41. The Hall–Kier alpha value is -2.07. The summed E-state index contributed by atoms with van der Waals surface area (Å²) in [6.07, 6.45) is 2.39. The number of unbranched alkanes of at least 4 members (excludes halogenated alkanes) is 1. The second-order valence-electron chi connectivity index (χ2n) is 6.05. The number of benzene rings is 2. The first-order valence-corrected chi connectivity index (χ1v) is 9.02. The van der Waals surface area contributed by atoms with Gasteiger partial charge in [-0.3, -0.25) is 0 Å². The van der Waals surface area contributed by atoms with Gasteiger partial charge in [0.15, 0.2) is 5.11 Å². The van der Waals surface area contributed by atoms with Crippen LogP contribution in [0.4, 0.5) is 5.69 Å². The Morgan fingerprint density at radius 1 is 1.04 bits per heavy atom. The minimum absolute atomic E-state index is 0.581. The average molecular weight is 340 g/mol. The molecule has 3 rings (SSSR count). The molecule has 0 N–H and O–H groups in total. The minimum Gasteiger partial charge on any atom is -0.489 e. The standard InChI is InChI=1S/C20H24N2OS/c1-2-3-12-21-13-14-22(20(21)24)18-10-7-11-19(15-18)23-16-17-8-5-4-6-9-17/h4-11,15H,2-3,12-14,16H2,1H3. The molecule has 0 spiro atoms. The Morgan fingerprint density at radius 2 is 1.88 bits per heavy atom. The lowest BCUT2D eigenvalue weighted by Crippen LogP contribution is -2.32. The predicted octanol–water partition coefficient (Wildman–Crippen LogP) is 4.47. The molecule has 4 heteroatoms. The highest BCUT2D eigenvalue weighted by molar-refractivity contribution is 7.80. The lowest BCUT2D eigenvalue weighted by molar-refractivity contribution is 0.306. The lowest BCUT2D eigenvalue weighted by Gasteiger charge is -2.22. The van der Waals surface area contributed by atoms with Gasteiger partial charge in [-0.05, 0) is 36.3 Å². The third-order valence-electron chi connectivity index (χ3n) is 4.25. The van der Waals surface area contributed by atoms with E-state index in [2.05, 4.69) is 41.0 Å². The Kier molecular flexibility index (Phi) is 5.70. The lowest BCUT2D eigenvalue weighted by atomic mass is 10.2. The van der Waals surface area contributed by atoms with E-state index in [1.807, 2.05) is 30.3 Å². The van der Waals surface area contributed by atoms with Crippen molar-refractivity contribution in [3.8, 4) is 5.75 Å². The zero-order chi connectivity index (χ0) is 16.8. The average Bonchev–Trinajstić information content (AvgIpc) is 3.00. The van der Waals surface area contributed by atoms with E-state index >= 15 is 0 Å². The smallest absolute Gasteiger partial charge is 0.176 e. The van der Waals surface area contributed by atoms with Gasteiger partial charge in [-0.2, -0.15) is 0 Å². The molecule has 0 aliphatic carbocycles. The molecule has 2 aromatic rings. The van der Waals surface area contributed by atoms with Crippen LogP contribution in [0.2, 0.25) is 0 Å². The highest BCUT2D eigenvalue weighted by Gasteiger charge is 2.25. The molecule has 0 saturated carbocycles. The first kappa shape index (κ1) is 16.8. The molecule has 0 unspecified atom stereocenters. The molecular formula is C20H24N2OS. The number of ether oxygens (including phenoxy) is 1. The molecular weight excluding hydrogens is 316 g/mol. The fraction of sp³-hybridized carbons (Fsp3) is 0.350. The van der Waals surface area contributed by atoms with Crippen LogP contribution in [0.5, 0.6) is 5.75 Å². The van der Waals surface area contributed by atoms with Crippen molar-refractivity contribution in [2.75, 3.05) is 24.5 Å². The van der Waals surface area contributed by atoms with Gasteiger partial charge in [0.25, 0.3) is 0 Å². The molecule has 126 valence electrons. The number of hydrogen-bond donors (Lipinski definition) is 0. The van der Waals surface area contributed by atoms with Crippen molar-refractivity contribution in [1.82, 2.24) is 4.90 Å². The fourth-order valence-electron chi connectivity index (χ4n) is 2.86. The summed E-state index contributed by atoms with van der Waals surface area (Å²) in [4.78, 5) is 4.51. The van der Waals surface area contributed by atoms with E-state index in [1.165, 1.54) is 18.4 Å². The topological polar surface area (TPSA) is 15.7 Å². The Balaban J connectivity index is 1.64. The van der Waals surface area contributed by atoms with Crippen LogP contribution in [0, 0.1) is 0 Å². The van der Waals surface area contributed by atoms with Crippen LogP contribution >= 0.6 is 12.2 Å². The molecule has 3 nitrogen and oxygen atoms in total. The van der Waals surface area contributed by atoms with Crippen molar-refractivity contribution in [3.63, 3.8) is 0 Å². The van der Waals surface area contributed by atoms with E-state index in [4.69, 9.17) is 17.0 Å². The Labute approximate surface area is 149 Å². The van der Waals surface area contributed by atoms with Crippen molar-refractivity contribution in [3.05, 3.63) is 60.2 Å². The molecule has 0 aromatic heterocycles. The third kappa shape index (κ3) is 4.06. The Bertz CT molecular complexity index is 674. The molecule has 1 aliphatic heterocycles. The molecule has 0 bridgehead atoms. The molecule has 0 amide bonds. The fourth-order valence-corrected chi connectivity index (χ4v) is 3.24. The zero-order valence-electron chi connectivity index (χ0n) is 14.1. The number of nitrogens with zero attached hydrogens (tertiary/aromatic N) is 2. The van der Waals surface area contributed by atoms with E-state index < -0.39 is 0 Å². The van der Waals surface area contributed by atoms with E-state index in [0.29, 0.717) is 6.61 Å². The van der Waals surface area contributed by atoms with Crippen LogP contribution in [-0.4, -0.2) is 29.6 Å². The highest BCUT2D eigenvalue weighted by atomic mass is 32.1. The van der Waals surface area contributed by atoms with Gasteiger partial charge in [0.05, 0.1) is 0 Å². The van der Waals surface area contributed by atoms with Crippen molar-refractivity contribution in [1.29, 1.82) is 0 Å². The van der Waals surface area contributed by atoms with Crippen molar-refractivity contribution >= 4 is 23.0 Å². The first-order valence-electron chi connectivity index (χ1n) is 8.61. The van der Waals surface area contributed by atoms with E-state index in [-0.39, 0.29) is 0 Å². The SMILES string of the molecule is CCCCN1CCN(c2cccc(OCc3ccccc3)c2)C1=S. The molecule has 1 aliphatic rings. The zero-order valence-corrected chi connectivity index (χ0v) is 15.0.